The van der Waals surface area contributed by atoms with E-state index in [1.807, 2.05) is 13.0 Å². The van der Waals surface area contributed by atoms with E-state index in [1.54, 1.807) is 12.3 Å². The highest BCUT2D eigenvalue weighted by atomic mass is 35.5. The van der Waals surface area contributed by atoms with Gasteiger partial charge in [0.15, 0.2) is 0 Å². The molecule has 0 aliphatic rings. The summed E-state index contributed by atoms with van der Waals surface area (Å²) < 4.78 is 0. The number of alkyl halides is 1. The highest BCUT2D eigenvalue weighted by Gasteiger charge is 2.00. The minimum absolute atomic E-state index is 0.00127. The van der Waals surface area contributed by atoms with Crippen molar-refractivity contribution in [2.45, 2.75) is 25.6 Å². The normalized spacial score (nSPS) is 9.86. The number of amides is 1. The van der Waals surface area contributed by atoms with E-state index in [9.17, 15) is 4.79 Å². The molecule has 76 valence electrons. The summed E-state index contributed by atoms with van der Waals surface area (Å²) in [4.78, 5) is 15.2. The molecular formula is C10H13ClN2O. The molecule has 0 saturated carbocycles. The standard InChI is InChI=1S/C10H13ClN2O/c1-2-3-10(14)13-9-5-4-8(6-11)7-12-9/h4-5,7H,2-3,6H2,1H3,(H,12,13,14). The third-order valence-corrected chi connectivity index (χ3v) is 2.03. The molecule has 0 unspecified atom stereocenters. The second-order valence-electron chi connectivity index (χ2n) is 2.98. The molecule has 0 saturated heterocycles. The fraction of sp³-hybridized carbons (Fsp3) is 0.400. The van der Waals surface area contributed by atoms with E-state index in [-0.39, 0.29) is 5.91 Å². The number of rotatable bonds is 4. The zero-order chi connectivity index (χ0) is 10.4. The predicted octanol–water partition coefficient (Wildman–Crippen LogP) is 2.56. The SMILES string of the molecule is CCCC(=O)Nc1ccc(CCl)cn1. The molecule has 14 heavy (non-hydrogen) atoms. The van der Waals surface area contributed by atoms with Crippen molar-refractivity contribution in [3.05, 3.63) is 23.9 Å². The van der Waals surface area contributed by atoms with Gasteiger partial charge in [-0.15, -0.1) is 11.6 Å². The minimum Gasteiger partial charge on any atom is -0.311 e. The summed E-state index contributed by atoms with van der Waals surface area (Å²) in [5, 5.41) is 2.70. The Morgan fingerprint density at radius 1 is 1.57 bits per heavy atom. The first-order valence-corrected chi connectivity index (χ1v) is 5.10. The zero-order valence-electron chi connectivity index (χ0n) is 8.09. The van der Waals surface area contributed by atoms with Crippen LogP contribution in [0.5, 0.6) is 0 Å². The zero-order valence-corrected chi connectivity index (χ0v) is 8.84. The maximum atomic E-state index is 11.2. The van der Waals surface area contributed by atoms with E-state index in [0.717, 1.165) is 12.0 Å². The van der Waals surface area contributed by atoms with Gasteiger partial charge < -0.3 is 5.32 Å². The molecule has 1 heterocycles. The van der Waals surface area contributed by atoms with Gasteiger partial charge in [-0.25, -0.2) is 4.98 Å². The number of anilines is 1. The third-order valence-electron chi connectivity index (χ3n) is 1.72. The molecule has 0 spiro atoms. The monoisotopic (exact) mass is 212 g/mol. The number of halogens is 1. The molecule has 0 aliphatic heterocycles. The topological polar surface area (TPSA) is 42.0 Å². The van der Waals surface area contributed by atoms with Gasteiger partial charge in [-0.05, 0) is 18.1 Å². The first kappa shape index (κ1) is 11.0. The number of nitrogens with zero attached hydrogens (tertiary/aromatic N) is 1. The van der Waals surface area contributed by atoms with Crippen molar-refractivity contribution < 1.29 is 4.79 Å². The predicted molar refractivity (Wildman–Crippen MR) is 57.3 cm³/mol. The van der Waals surface area contributed by atoms with E-state index in [0.29, 0.717) is 18.1 Å². The van der Waals surface area contributed by atoms with E-state index >= 15 is 0 Å². The molecule has 0 atom stereocenters. The van der Waals surface area contributed by atoms with Crippen LogP contribution in [0.3, 0.4) is 0 Å². The molecule has 0 bridgehead atoms. The molecule has 0 aromatic carbocycles. The van der Waals surface area contributed by atoms with Gasteiger partial charge in [0.2, 0.25) is 5.91 Å². The highest BCUT2D eigenvalue weighted by molar-refractivity contribution is 6.17. The van der Waals surface area contributed by atoms with Gasteiger partial charge in [-0.2, -0.15) is 0 Å². The molecule has 1 rings (SSSR count). The van der Waals surface area contributed by atoms with Crippen LogP contribution < -0.4 is 5.32 Å². The fourth-order valence-corrected chi connectivity index (χ4v) is 1.17. The maximum absolute atomic E-state index is 11.2. The summed E-state index contributed by atoms with van der Waals surface area (Å²) in [5.74, 6) is 1.02. The van der Waals surface area contributed by atoms with Crippen molar-refractivity contribution >= 4 is 23.3 Å². The van der Waals surface area contributed by atoms with Gasteiger partial charge in [-0.1, -0.05) is 13.0 Å². The van der Waals surface area contributed by atoms with Crippen molar-refractivity contribution in [3.8, 4) is 0 Å². The van der Waals surface area contributed by atoms with Crippen molar-refractivity contribution in [1.29, 1.82) is 0 Å². The molecule has 0 radical (unpaired) electrons. The Hall–Kier alpha value is -1.09. The summed E-state index contributed by atoms with van der Waals surface area (Å²) in [6, 6.07) is 3.60. The van der Waals surface area contributed by atoms with Crippen molar-refractivity contribution in [2.75, 3.05) is 5.32 Å². The minimum atomic E-state index is -0.00127. The average Bonchev–Trinajstić information content (AvgIpc) is 2.19. The lowest BCUT2D eigenvalue weighted by atomic mass is 10.3. The van der Waals surface area contributed by atoms with Crippen molar-refractivity contribution in [2.24, 2.45) is 0 Å². The van der Waals surface area contributed by atoms with Gasteiger partial charge in [0, 0.05) is 18.5 Å². The first-order chi connectivity index (χ1) is 6.76. The van der Waals surface area contributed by atoms with Crippen LogP contribution in [-0.4, -0.2) is 10.9 Å². The lowest BCUT2D eigenvalue weighted by molar-refractivity contribution is -0.116. The highest BCUT2D eigenvalue weighted by Crippen LogP contribution is 2.07. The number of aromatic nitrogens is 1. The van der Waals surface area contributed by atoms with Gasteiger partial charge >= 0.3 is 0 Å². The molecule has 1 amide bonds. The van der Waals surface area contributed by atoms with Gasteiger partial charge in [-0.3, -0.25) is 4.79 Å². The van der Waals surface area contributed by atoms with Crippen LogP contribution in [0.2, 0.25) is 0 Å². The van der Waals surface area contributed by atoms with Crippen molar-refractivity contribution in [1.82, 2.24) is 4.98 Å². The molecule has 3 nitrogen and oxygen atoms in total. The van der Waals surface area contributed by atoms with Crippen LogP contribution in [0.4, 0.5) is 5.82 Å². The molecule has 0 fully saturated rings. The second kappa shape index (κ2) is 5.60. The second-order valence-corrected chi connectivity index (χ2v) is 3.25. The number of pyridine rings is 1. The number of nitrogens with one attached hydrogen (secondary N) is 1. The van der Waals surface area contributed by atoms with E-state index < -0.39 is 0 Å². The smallest absolute Gasteiger partial charge is 0.225 e. The maximum Gasteiger partial charge on any atom is 0.225 e. The summed E-state index contributed by atoms with van der Waals surface area (Å²) in [6.45, 7) is 1.96. The van der Waals surface area contributed by atoms with E-state index in [4.69, 9.17) is 11.6 Å². The molecule has 4 heteroatoms. The quantitative estimate of drug-likeness (QED) is 0.780. The summed E-state index contributed by atoms with van der Waals surface area (Å²) in [5.41, 5.74) is 0.945. The Bertz CT molecular complexity index is 297. The van der Waals surface area contributed by atoms with Crippen molar-refractivity contribution in [3.63, 3.8) is 0 Å². The number of carbonyl (C=O) groups excluding carboxylic acids is 1. The Labute approximate surface area is 88.5 Å². The van der Waals surface area contributed by atoms with Crippen LogP contribution >= 0.6 is 11.6 Å². The van der Waals surface area contributed by atoms with Crippen LogP contribution in [0.1, 0.15) is 25.3 Å². The largest absolute Gasteiger partial charge is 0.311 e. The number of carbonyl (C=O) groups is 1. The fourth-order valence-electron chi connectivity index (χ4n) is 1.01. The Kier molecular flexibility index (Phi) is 4.40. The molecule has 1 N–H and O–H groups in total. The van der Waals surface area contributed by atoms with Crippen LogP contribution in [-0.2, 0) is 10.7 Å². The average molecular weight is 213 g/mol. The van der Waals surface area contributed by atoms with E-state index in [2.05, 4.69) is 10.3 Å². The van der Waals surface area contributed by atoms with Gasteiger partial charge in [0.05, 0.1) is 0 Å². The first-order valence-electron chi connectivity index (χ1n) is 4.57. The summed E-state index contributed by atoms with van der Waals surface area (Å²) in [6.07, 6.45) is 3.03. The number of hydrogen-bond donors (Lipinski definition) is 1. The molecular weight excluding hydrogens is 200 g/mol. The van der Waals surface area contributed by atoms with Crippen LogP contribution in [0.25, 0.3) is 0 Å². The van der Waals surface area contributed by atoms with E-state index in [1.165, 1.54) is 0 Å². The molecule has 1 aromatic rings. The third kappa shape index (κ3) is 3.34. The van der Waals surface area contributed by atoms with Crippen LogP contribution in [0.15, 0.2) is 18.3 Å². The Morgan fingerprint density at radius 2 is 2.36 bits per heavy atom. The number of hydrogen-bond acceptors (Lipinski definition) is 2. The van der Waals surface area contributed by atoms with Gasteiger partial charge in [0.1, 0.15) is 5.82 Å². The Balaban J connectivity index is 2.55. The lowest BCUT2D eigenvalue weighted by Gasteiger charge is -2.03. The Morgan fingerprint density at radius 3 is 2.86 bits per heavy atom. The summed E-state index contributed by atoms with van der Waals surface area (Å²) >= 11 is 5.61. The lowest BCUT2D eigenvalue weighted by Crippen LogP contribution is -2.11. The molecule has 0 aliphatic carbocycles. The van der Waals surface area contributed by atoms with Crippen LogP contribution in [0, 0.1) is 0 Å². The molecule has 1 aromatic heterocycles. The summed E-state index contributed by atoms with van der Waals surface area (Å²) in [7, 11) is 0. The van der Waals surface area contributed by atoms with Gasteiger partial charge in [0.25, 0.3) is 0 Å².